The Morgan fingerprint density at radius 3 is 1.81 bits per heavy atom. The predicted molar refractivity (Wildman–Crippen MR) is 145 cm³/mol. The van der Waals surface area contributed by atoms with Gasteiger partial charge in [0.1, 0.15) is 11.2 Å². The number of benzene rings is 5. The average Bonchev–Trinajstić information content (AvgIpc) is 3.56. The summed E-state index contributed by atoms with van der Waals surface area (Å²) in [5, 5.41) is 11.5. The van der Waals surface area contributed by atoms with E-state index in [0.29, 0.717) is 0 Å². The lowest BCUT2D eigenvalue weighted by atomic mass is 10.0. The molecule has 0 bridgehead atoms. The molecule has 0 aliphatic heterocycles. The zero-order valence-electron chi connectivity index (χ0n) is 19.4. The van der Waals surface area contributed by atoms with E-state index in [0.717, 1.165) is 61.5 Å². The van der Waals surface area contributed by atoms with Crippen molar-refractivity contribution in [2.45, 2.75) is 0 Å². The van der Waals surface area contributed by atoms with Gasteiger partial charge in [0, 0.05) is 33.2 Å². The number of para-hydroxylation sites is 3. The van der Waals surface area contributed by atoms with Crippen LogP contribution in [-0.4, -0.2) is 14.8 Å². The average molecular weight is 464 g/mol. The Hall–Kier alpha value is -4.96. The van der Waals surface area contributed by atoms with Crippen molar-refractivity contribution in [1.29, 1.82) is 0 Å². The van der Waals surface area contributed by atoms with Crippen LogP contribution in [0, 0.1) is 0 Å². The summed E-state index contributed by atoms with van der Waals surface area (Å²) in [5.41, 5.74) is 7.02. The summed E-state index contributed by atoms with van der Waals surface area (Å²) in [5.74, 6) is 1.61. The van der Waals surface area contributed by atoms with Crippen LogP contribution in [0.15, 0.2) is 132 Å². The summed E-state index contributed by atoms with van der Waals surface area (Å²) in [7, 11) is 0. The summed E-state index contributed by atoms with van der Waals surface area (Å²) in [6, 6.07) is 43.4. The van der Waals surface area contributed by atoms with Crippen LogP contribution in [0.2, 0.25) is 0 Å². The molecule has 5 aromatic carbocycles. The highest BCUT2D eigenvalue weighted by molar-refractivity contribution is 6.09. The number of hydrogen-bond donors (Lipinski definition) is 0. The lowest BCUT2D eigenvalue weighted by Crippen LogP contribution is -2.00. The zero-order chi connectivity index (χ0) is 23.9. The number of nitrogens with zero attached hydrogens (tertiary/aromatic N) is 3. The monoisotopic (exact) mass is 463 g/mol. The largest absolute Gasteiger partial charge is 0.455 e. The van der Waals surface area contributed by atoms with Crippen LogP contribution in [0.25, 0.3) is 61.5 Å². The molecular formula is C32H21N3O. The maximum atomic E-state index is 6.26. The first kappa shape index (κ1) is 20.4. The number of fused-ring (bicyclic) bond motifs is 3. The second kappa shape index (κ2) is 8.36. The molecule has 7 aromatic rings. The van der Waals surface area contributed by atoms with Crippen molar-refractivity contribution < 1.29 is 4.42 Å². The van der Waals surface area contributed by atoms with Crippen molar-refractivity contribution in [1.82, 2.24) is 14.8 Å². The SMILES string of the molecule is c1ccc(-c2nnc(-c3ccc(-c4cccc5c4oc4ccccc45)cc3)n2-c2ccccc2)cc1. The molecule has 0 fully saturated rings. The minimum atomic E-state index is 0.800. The maximum Gasteiger partial charge on any atom is 0.168 e. The fourth-order valence-corrected chi connectivity index (χ4v) is 4.84. The molecule has 7 rings (SSSR count). The third-order valence-electron chi connectivity index (χ3n) is 6.57. The van der Waals surface area contributed by atoms with E-state index in [4.69, 9.17) is 4.42 Å². The molecule has 170 valence electrons. The Morgan fingerprint density at radius 2 is 1.06 bits per heavy atom. The van der Waals surface area contributed by atoms with Gasteiger partial charge >= 0.3 is 0 Å². The van der Waals surface area contributed by atoms with Crippen molar-refractivity contribution in [3.63, 3.8) is 0 Å². The molecule has 4 heteroatoms. The normalized spacial score (nSPS) is 11.3. The van der Waals surface area contributed by atoms with Crippen LogP contribution in [-0.2, 0) is 0 Å². The minimum Gasteiger partial charge on any atom is -0.455 e. The van der Waals surface area contributed by atoms with Crippen LogP contribution >= 0.6 is 0 Å². The molecule has 0 radical (unpaired) electrons. The lowest BCUT2D eigenvalue weighted by molar-refractivity contribution is 0.670. The summed E-state index contributed by atoms with van der Waals surface area (Å²) in [6.07, 6.45) is 0. The number of aromatic nitrogens is 3. The second-order valence-corrected chi connectivity index (χ2v) is 8.74. The van der Waals surface area contributed by atoms with Gasteiger partial charge in [-0.05, 0) is 23.8 Å². The first-order valence-electron chi connectivity index (χ1n) is 11.9. The lowest BCUT2D eigenvalue weighted by Gasteiger charge is -2.11. The van der Waals surface area contributed by atoms with Gasteiger partial charge < -0.3 is 4.42 Å². The quantitative estimate of drug-likeness (QED) is 0.264. The summed E-state index contributed by atoms with van der Waals surface area (Å²) < 4.78 is 8.37. The van der Waals surface area contributed by atoms with Crippen molar-refractivity contribution in [3.8, 4) is 39.6 Å². The molecule has 0 atom stereocenters. The van der Waals surface area contributed by atoms with Crippen molar-refractivity contribution in [2.75, 3.05) is 0 Å². The molecule has 0 aliphatic carbocycles. The van der Waals surface area contributed by atoms with Crippen LogP contribution in [0.4, 0.5) is 0 Å². The molecule has 4 nitrogen and oxygen atoms in total. The van der Waals surface area contributed by atoms with E-state index < -0.39 is 0 Å². The van der Waals surface area contributed by atoms with E-state index in [9.17, 15) is 0 Å². The predicted octanol–water partition coefficient (Wildman–Crippen LogP) is 8.17. The molecule has 0 saturated heterocycles. The van der Waals surface area contributed by atoms with Gasteiger partial charge in [-0.1, -0.05) is 109 Å². The van der Waals surface area contributed by atoms with E-state index in [1.54, 1.807) is 0 Å². The third-order valence-corrected chi connectivity index (χ3v) is 6.57. The maximum absolute atomic E-state index is 6.26. The van der Waals surface area contributed by atoms with Crippen molar-refractivity contribution in [3.05, 3.63) is 127 Å². The molecule has 0 amide bonds. The molecule has 0 aliphatic rings. The van der Waals surface area contributed by atoms with Gasteiger partial charge in [0.15, 0.2) is 11.6 Å². The van der Waals surface area contributed by atoms with E-state index in [-0.39, 0.29) is 0 Å². The fourth-order valence-electron chi connectivity index (χ4n) is 4.84. The molecule has 2 aromatic heterocycles. The summed E-state index contributed by atoms with van der Waals surface area (Å²) in [6.45, 7) is 0. The molecule has 0 N–H and O–H groups in total. The van der Waals surface area contributed by atoms with Gasteiger partial charge in [-0.15, -0.1) is 10.2 Å². The van der Waals surface area contributed by atoms with Gasteiger partial charge in [-0.3, -0.25) is 4.57 Å². The molecule has 0 unspecified atom stereocenters. The highest BCUT2D eigenvalue weighted by Crippen LogP contribution is 2.36. The van der Waals surface area contributed by atoms with Gasteiger partial charge in [0.2, 0.25) is 0 Å². The highest BCUT2D eigenvalue weighted by Gasteiger charge is 2.18. The fraction of sp³-hybridized carbons (Fsp3) is 0. The molecule has 0 spiro atoms. The molecule has 2 heterocycles. The van der Waals surface area contributed by atoms with E-state index in [2.05, 4.69) is 87.6 Å². The van der Waals surface area contributed by atoms with Crippen LogP contribution in [0.3, 0.4) is 0 Å². The minimum absolute atomic E-state index is 0.800. The number of hydrogen-bond acceptors (Lipinski definition) is 3. The van der Waals surface area contributed by atoms with Crippen LogP contribution in [0.1, 0.15) is 0 Å². The summed E-state index contributed by atoms with van der Waals surface area (Å²) in [4.78, 5) is 0. The van der Waals surface area contributed by atoms with E-state index in [1.165, 1.54) is 0 Å². The molecule has 0 saturated carbocycles. The van der Waals surface area contributed by atoms with Crippen molar-refractivity contribution >= 4 is 21.9 Å². The topological polar surface area (TPSA) is 43.9 Å². The zero-order valence-corrected chi connectivity index (χ0v) is 19.4. The first-order valence-corrected chi connectivity index (χ1v) is 11.9. The second-order valence-electron chi connectivity index (χ2n) is 8.74. The molecular weight excluding hydrogens is 442 g/mol. The highest BCUT2D eigenvalue weighted by atomic mass is 16.3. The van der Waals surface area contributed by atoms with Crippen molar-refractivity contribution in [2.24, 2.45) is 0 Å². The number of furan rings is 1. The third kappa shape index (κ3) is 3.31. The first-order chi connectivity index (χ1) is 17.9. The van der Waals surface area contributed by atoms with Crippen LogP contribution < -0.4 is 0 Å². The van der Waals surface area contributed by atoms with E-state index in [1.807, 2.05) is 54.6 Å². The molecule has 36 heavy (non-hydrogen) atoms. The standard InChI is InChI=1S/C32H21N3O/c1-3-10-23(11-4-1)31-33-34-32(35(31)25-12-5-2-6-13-25)24-20-18-22(19-21-24)26-15-9-16-28-27-14-7-8-17-29(27)36-30(26)28/h1-21H. The van der Waals surface area contributed by atoms with Gasteiger partial charge in [0.25, 0.3) is 0 Å². The van der Waals surface area contributed by atoms with Gasteiger partial charge in [-0.25, -0.2) is 0 Å². The van der Waals surface area contributed by atoms with E-state index >= 15 is 0 Å². The Morgan fingerprint density at radius 1 is 0.472 bits per heavy atom. The van der Waals surface area contributed by atoms with Gasteiger partial charge in [-0.2, -0.15) is 0 Å². The smallest absolute Gasteiger partial charge is 0.168 e. The Balaban J connectivity index is 1.35. The number of rotatable bonds is 4. The Labute approximate surface area is 208 Å². The Bertz CT molecular complexity index is 1820. The van der Waals surface area contributed by atoms with Crippen LogP contribution in [0.5, 0.6) is 0 Å². The Kier molecular flexibility index (Phi) is 4.74. The summed E-state index contributed by atoms with van der Waals surface area (Å²) >= 11 is 0. The van der Waals surface area contributed by atoms with Gasteiger partial charge in [0.05, 0.1) is 0 Å².